The Kier molecular flexibility index (Phi) is 2.82. The molecular weight excluding hydrogens is 310 g/mol. The van der Waals surface area contributed by atoms with Crippen molar-refractivity contribution in [2.24, 2.45) is 5.73 Å². The van der Waals surface area contributed by atoms with Crippen LogP contribution in [0.15, 0.2) is 22.8 Å². The Morgan fingerprint density at radius 2 is 2.32 bits per heavy atom. The SMILES string of the molecule is Cc1cc2c(cc1Br)-c1nc(C(N)=O)cn1CCO2. The summed E-state index contributed by atoms with van der Waals surface area (Å²) in [5.41, 5.74) is 7.52. The number of primary amides is 1. The smallest absolute Gasteiger partial charge is 0.268 e. The zero-order chi connectivity index (χ0) is 13.6. The van der Waals surface area contributed by atoms with Crippen LogP contribution in [0.5, 0.6) is 5.75 Å². The number of imidazole rings is 1. The fourth-order valence-corrected chi connectivity index (χ4v) is 2.47. The fraction of sp³-hybridized carbons (Fsp3) is 0.231. The van der Waals surface area contributed by atoms with Crippen LogP contribution < -0.4 is 10.5 Å². The van der Waals surface area contributed by atoms with Gasteiger partial charge >= 0.3 is 0 Å². The summed E-state index contributed by atoms with van der Waals surface area (Å²) in [5, 5.41) is 0. The highest BCUT2D eigenvalue weighted by Crippen LogP contribution is 2.36. The predicted molar refractivity (Wildman–Crippen MR) is 74.1 cm³/mol. The van der Waals surface area contributed by atoms with Crippen molar-refractivity contribution in [3.05, 3.63) is 34.1 Å². The van der Waals surface area contributed by atoms with Gasteiger partial charge in [-0.25, -0.2) is 4.98 Å². The van der Waals surface area contributed by atoms with Crippen LogP contribution in [0.25, 0.3) is 11.4 Å². The average molecular weight is 322 g/mol. The van der Waals surface area contributed by atoms with Crippen molar-refractivity contribution < 1.29 is 9.53 Å². The van der Waals surface area contributed by atoms with Crippen LogP contribution in [-0.2, 0) is 6.54 Å². The van der Waals surface area contributed by atoms with E-state index in [0.717, 1.165) is 21.3 Å². The molecule has 1 aromatic heterocycles. The van der Waals surface area contributed by atoms with Gasteiger partial charge in [0.15, 0.2) is 0 Å². The number of benzene rings is 1. The molecule has 0 fully saturated rings. The second-order valence-corrected chi connectivity index (χ2v) is 5.31. The highest BCUT2D eigenvalue weighted by atomic mass is 79.9. The number of carbonyl (C=O) groups is 1. The molecule has 0 saturated heterocycles. The summed E-state index contributed by atoms with van der Waals surface area (Å²) in [6, 6.07) is 3.92. The largest absolute Gasteiger partial charge is 0.491 e. The Morgan fingerprint density at radius 3 is 3.05 bits per heavy atom. The number of ether oxygens (including phenoxy) is 1. The molecule has 0 bridgehead atoms. The van der Waals surface area contributed by atoms with Crippen molar-refractivity contribution in [1.29, 1.82) is 0 Å². The summed E-state index contributed by atoms with van der Waals surface area (Å²) in [7, 11) is 0. The Labute approximate surface area is 118 Å². The topological polar surface area (TPSA) is 70.1 Å². The van der Waals surface area contributed by atoms with E-state index < -0.39 is 5.91 Å². The van der Waals surface area contributed by atoms with E-state index in [-0.39, 0.29) is 5.69 Å². The van der Waals surface area contributed by atoms with Crippen molar-refractivity contribution in [1.82, 2.24) is 9.55 Å². The maximum Gasteiger partial charge on any atom is 0.268 e. The van der Waals surface area contributed by atoms with Gasteiger partial charge in [0.2, 0.25) is 0 Å². The molecular formula is C13H12BrN3O2. The number of rotatable bonds is 1. The highest BCUT2D eigenvalue weighted by molar-refractivity contribution is 9.10. The highest BCUT2D eigenvalue weighted by Gasteiger charge is 2.20. The number of hydrogen-bond donors (Lipinski definition) is 1. The summed E-state index contributed by atoms with van der Waals surface area (Å²) >= 11 is 3.50. The van der Waals surface area contributed by atoms with Gasteiger partial charge in [-0.3, -0.25) is 4.79 Å². The van der Waals surface area contributed by atoms with E-state index in [2.05, 4.69) is 20.9 Å². The third-order valence-electron chi connectivity index (χ3n) is 3.12. The zero-order valence-corrected chi connectivity index (χ0v) is 11.9. The molecule has 19 heavy (non-hydrogen) atoms. The number of amides is 1. The third-order valence-corrected chi connectivity index (χ3v) is 3.97. The van der Waals surface area contributed by atoms with Crippen LogP contribution in [0.1, 0.15) is 16.1 Å². The lowest BCUT2D eigenvalue weighted by Gasteiger charge is -2.08. The summed E-state index contributed by atoms with van der Waals surface area (Å²) in [6.45, 7) is 3.18. The maximum absolute atomic E-state index is 11.2. The van der Waals surface area contributed by atoms with E-state index >= 15 is 0 Å². The first-order valence-electron chi connectivity index (χ1n) is 5.86. The number of halogens is 1. The lowest BCUT2D eigenvalue weighted by Crippen LogP contribution is -2.11. The zero-order valence-electron chi connectivity index (χ0n) is 10.3. The molecule has 0 aliphatic carbocycles. The van der Waals surface area contributed by atoms with Crippen molar-refractivity contribution in [3.8, 4) is 17.1 Å². The van der Waals surface area contributed by atoms with Crippen LogP contribution >= 0.6 is 15.9 Å². The normalized spacial score (nSPS) is 13.2. The van der Waals surface area contributed by atoms with Gasteiger partial charge in [0.1, 0.15) is 23.9 Å². The first-order valence-corrected chi connectivity index (χ1v) is 6.66. The van der Waals surface area contributed by atoms with E-state index in [4.69, 9.17) is 10.5 Å². The lowest BCUT2D eigenvalue weighted by atomic mass is 10.1. The number of carbonyl (C=O) groups excluding carboxylic acids is 1. The molecule has 5 nitrogen and oxygen atoms in total. The van der Waals surface area contributed by atoms with Crippen LogP contribution in [0.3, 0.4) is 0 Å². The summed E-state index contributed by atoms with van der Waals surface area (Å²) < 4.78 is 8.60. The van der Waals surface area contributed by atoms with Crippen molar-refractivity contribution in [3.63, 3.8) is 0 Å². The van der Waals surface area contributed by atoms with Gasteiger partial charge in [-0.15, -0.1) is 0 Å². The molecule has 0 radical (unpaired) electrons. The minimum Gasteiger partial charge on any atom is -0.491 e. The van der Waals surface area contributed by atoms with Crippen molar-refractivity contribution >= 4 is 21.8 Å². The predicted octanol–water partition coefficient (Wildman–Crippen LogP) is 2.11. The van der Waals surface area contributed by atoms with Gasteiger partial charge in [0, 0.05) is 10.7 Å². The maximum atomic E-state index is 11.2. The molecule has 3 rings (SSSR count). The van der Waals surface area contributed by atoms with E-state index in [1.54, 1.807) is 6.20 Å². The van der Waals surface area contributed by atoms with Gasteiger partial charge in [-0.05, 0) is 24.6 Å². The first kappa shape index (κ1) is 12.2. The Hall–Kier alpha value is -1.82. The van der Waals surface area contributed by atoms with E-state index in [1.165, 1.54) is 0 Å². The van der Waals surface area contributed by atoms with Gasteiger partial charge < -0.3 is 15.0 Å². The molecule has 1 aromatic carbocycles. The number of aromatic nitrogens is 2. The van der Waals surface area contributed by atoms with E-state index in [0.29, 0.717) is 19.0 Å². The molecule has 2 heterocycles. The Morgan fingerprint density at radius 1 is 1.53 bits per heavy atom. The van der Waals surface area contributed by atoms with Crippen LogP contribution in [0.2, 0.25) is 0 Å². The summed E-state index contributed by atoms with van der Waals surface area (Å²) in [6.07, 6.45) is 1.67. The number of aryl methyl sites for hydroxylation is 1. The second-order valence-electron chi connectivity index (χ2n) is 4.45. The lowest BCUT2D eigenvalue weighted by molar-refractivity contribution is 0.0996. The minimum absolute atomic E-state index is 0.277. The monoisotopic (exact) mass is 321 g/mol. The molecule has 1 amide bonds. The first-order chi connectivity index (χ1) is 9.06. The fourth-order valence-electron chi connectivity index (χ4n) is 2.12. The van der Waals surface area contributed by atoms with E-state index in [9.17, 15) is 4.79 Å². The number of nitrogens with zero attached hydrogens (tertiary/aromatic N) is 2. The number of nitrogens with two attached hydrogens (primary N) is 1. The van der Waals surface area contributed by atoms with E-state index in [1.807, 2.05) is 23.6 Å². The van der Waals surface area contributed by atoms with Crippen LogP contribution in [0.4, 0.5) is 0 Å². The molecule has 1 aliphatic rings. The molecule has 2 N–H and O–H groups in total. The standard InChI is InChI=1S/C13H12BrN3O2/c1-7-4-11-8(5-9(7)14)13-16-10(12(15)18)6-17(13)2-3-19-11/h4-6H,2-3H2,1H3,(H2,15,18). The quantitative estimate of drug-likeness (QED) is 0.874. The van der Waals surface area contributed by atoms with Crippen molar-refractivity contribution in [2.75, 3.05) is 6.61 Å². The summed E-state index contributed by atoms with van der Waals surface area (Å²) in [5.74, 6) is 0.970. The molecule has 98 valence electrons. The molecule has 0 saturated carbocycles. The summed E-state index contributed by atoms with van der Waals surface area (Å²) in [4.78, 5) is 15.6. The van der Waals surface area contributed by atoms with Crippen LogP contribution in [0, 0.1) is 6.92 Å². The number of hydrogen-bond acceptors (Lipinski definition) is 3. The Bertz CT molecular complexity index is 679. The van der Waals surface area contributed by atoms with Crippen molar-refractivity contribution in [2.45, 2.75) is 13.5 Å². The van der Waals surface area contributed by atoms with Crippen LogP contribution in [-0.4, -0.2) is 22.1 Å². The molecule has 0 atom stereocenters. The minimum atomic E-state index is -0.519. The second kappa shape index (κ2) is 4.38. The molecule has 6 heteroatoms. The average Bonchev–Trinajstić information content (AvgIpc) is 2.71. The third kappa shape index (κ3) is 2.02. The molecule has 1 aliphatic heterocycles. The van der Waals surface area contributed by atoms with Gasteiger partial charge in [0.05, 0.1) is 12.1 Å². The molecule has 0 spiro atoms. The molecule has 2 aromatic rings. The van der Waals surface area contributed by atoms with Gasteiger partial charge in [-0.1, -0.05) is 15.9 Å². The number of fused-ring (bicyclic) bond motifs is 3. The van der Waals surface area contributed by atoms with Gasteiger partial charge in [0.25, 0.3) is 5.91 Å². The van der Waals surface area contributed by atoms with Gasteiger partial charge in [-0.2, -0.15) is 0 Å². The Balaban J connectivity index is 2.23. The molecule has 0 unspecified atom stereocenters.